The Hall–Kier alpha value is -1.53. The van der Waals surface area contributed by atoms with Crippen LogP contribution in [0.15, 0.2) is 18.2 Å². The van der Waals surface area contributed by atoms with Crippen molar-refractivity contribution in [1.82, 2.24) is 10.3 Å². The standard InChI is InChI=1S/C17H25N3/c1-5-11-20(13-14-9-10-14)16-8-6-7-15(19-16)12-18-17(2,3)4/h1,6-8,14,18H,9-13H2,2-4H3. The highest BCUT2D eigenvalue weighted by Crippen LogP contribution is 2.30. The van der Waals surface area contributed by atoms with Crippen molar-refractivity contribution in [3.8, 4) is 12.3 Å². The molecule has 1 aromatic rings. The molecule has 0 radical (unpaired) electrons. The number of nitrogens with one attached hydrogen (secondary N) is 1. The molecule has 108 valence electrons. The predicted octanol–water partition coefficient (Wildman–Crippen LogP) is 2.82. The van der Waals surface area contributed by atoms with E-state index in [2.05, 4.69) is 55.1 Å². The third-order valence-corrected chi connectivity index (χ3v) is 3.37. The van der Waals surface area contributed by atoms with E-state index in [1.807, 2.05) is 0 Å². The second kappa shape index (κ2) is 6.28. The van der Waals surface area contributed by atoms with Crippen molar-refractivity contribution in [2.45, 2.75) is 45.7 Å². The summed E-state index contributed by atoms with van der Waals surface area (Å²) >= 11 is 0. The van der Waals surface area contributed by atoms with Crippen molar-refractivity contribution >= 4 is 5.82 Å². The molecule has 3 heteroatoms. The summed E-state index contributed by atoms with van der Waals surface area (Å²) < 4.78 is 0. The smallest absolute Gasteiger partial charge is 0.129 e. The normalized spacial score (nSPS) is 14.9. The van der Waals surface area contributed by atoms with Crippen LogP contribution in [0.2, 0.25) is 0 Å². The molecule has 0 aliphatic heterocycles. The first kappa shape index (κ1) is 14.9. The van der Waals surface area contributed by atoms with Gasteiger partial charge in [0.25, 0.3) is 0 Å². The zero-order valence-corrected chi connectivity index (χ0v) is 12.8. The highest BCUT2D eigenvalue weighted by Gasteiger charge is 2.24. The Balaban J connectivity index is 2.04. The summed E-state index contributed by atoms with van der Waals surface area (Å²) in [5.41, 5.74) is 1.17. The van der Waals surface area contributed by atoms with Crippen molar-refractivity contribution in [3.63, 3.8) is 0 Å². The fourth-order valence-electron chi connectivity index (χ4n) is 2.06. The highest BCUT2D eigenvalue weighted by atomic mass is 15.2. The average Bonchev–Trinajstić information content (AvgIpc) is 3.19. The van der Waals surface area contributed by atoms with Crippen molar-refractivity contribution in [3.05, 3.63) is 23.9 Å². The maximum atomic E-state index is 5.48. The molecule has 1 aliphatic carbocycles. The van der Waals surface area contributed by atoms with Gasteiger partial charge in [0.05, 0.1) is 12.2 Å². The number of rotatable bonds is 6. The van der Waals surface area contributed by atoms with Gasteiger partial charge < -0.3 is 10.2 Å². The molecule has 0 saturated heterocycles. The molecule has 1 aromatic heterocycles. The van der Waals surface area contributed by atoms with E-state index >= 15 is 0 Å². The van der Waals surface area contributed by atoms with Gasteiger partial charge in [-0.3, -0.25) is 0 Å². The minimum atomic E-state index is 0.101. The van der Waals surface area contributed by atoms with E-state index in [1.54, 1.807) is 0 Å². The van der Waals surface area contributed by atoms with Crippen molar-refractivity contribution in [2.75, 3.05) is 18.0 Å². The first-order chi connectivity index (χ1) is 9.48. The summed E-state index contributed by atoms with van der Waals surface area (Å²) in [5, 5.41) is 3.47. The van der Waals surface area contributed by atoms with Crippen LogP contribution in [0.1, 0.15) is 39.3 Å². The molecule has 1 N–H and O–H groups in total. The number of hydrogen-bond acceptors (Lipinski definition) is 3. The number of pyridine rings is 1. The minimum absolute atomic E-state index is 0.101. The lowest BCUT2D eigenvalue weighted by atomic mass is 10.1. The Kier molecular flexibility index (Phi) is 4.67. The van der Waals surface area contributed by atoms with Crippen LogP contribution in [0, 0.1) is 18.3 Å². The van der Waals surface area contributed by atoms with Crippen LogP contribution in [0.3, 0.4) is 0 Å². The number of aromatic nitrogens is 1. The second-order valence-electron chi connectivity index (χ2n) is 6.62. The molecule has 1 aliphatic rings. The molecule has 0 spiro atoms. The number of anilines is 1. The van der Waals surface area contributed by atoms with Gasteiger partial charge in [-0.05, 0) is 51.7 Å². The van der Waals surface area contributed by atoms with Gasteiger partial charge in [0.15, 0.2) is 0 Å². The van der Waals surface area contributed by atoms with Crippen LogP contribution >= 0.6 is 0 Å². The van der Waals surface area contributed by atoms with Crippen LogP contribution in [0.5, 0.6) is 0 Å². The van der Waals surface area contributed by atoms with Crippen molar-refractivity contribution in [2.24, 2.45) is 5.92 Å². The molecule has 0 atom stereocenters. The molecule has 0 amide bonds. The number of terminal acetylenes is 1. The Labute approximate surface area is 122 Å². The lowest BCUT2D eigenvalue weighted by molar-refractivity contribution is 0.421. The van der Waals surface area contributed by atoms with E-state index in [0.717, 1.165) is 30.5 Å². The fourth-order valence-corrected chi connectivity index (χ4v) is 2.06. The topological polar surface area (TPSA) is 28.2 Å². The van der Waals surface area contributed by atoms with Gasteiger partial charge in [-0.2, -0.15) is 0 Å². The summed E-state index contributed by atoms with van der Waals surface area (Å²) in [6.45, 7) is 8.94. The van der Waals surface area contributed by atoms with E-state index in [4.69, 9.17) is 11.4 Å². The molecule has 3 nitrogen and oxygen atoms in total. The van der Waals surface area contributed by atoms with Crippen molar-refractivity contribution < 1.29 is 0 Å². The second-order valence-corrected chi connectivity index (χ2v) is 6.62. The van der Waals surface area contributed by atoms with Crippen LogP contribution in [0.4, 0.5) is 5.82 Å². The molecule has 1 saturated carbocycles. The maximum absolute atomic E-state index is 5.48. The Morgan fingerprint density at radius 2 is 2.15 bits per heavy atom. The predicted molar refractivity (Wildman–Crippen MR) is 84.6 cm³/mol. The highest BCUT2D eigenvalue weighted by molar-refractivity contribution is 5.41. The largest absolute Gasteiger partial charge is 0.345 e. The Morgan fingerprint density at radius 1 is 1.40 bits per heavy atom. The van der Waals surface area contributed by atoms with Gasteiger partial charge in [-0.25, -0.2) is 4.98 Å². The van der Waals surface area contributed by atoms with Crippen LogP contribution < -0.4 is 10.2 Å². The lowest BCUT2D eigenvalue weighted by Gasteiger charge is -2.23. The Morgan fingerprint density at radius 3 is 2.75 bits per heavy atom. The van der Waals surface area contributed by atoms with Crippen LogP contribution in [-0.2, 0) is 6.54 Å². The molecule has 1 fully saturated rings. The van der Waals surface area contributed by atoms with E-state index in [0.29, 0.717) is 6.54 Å². The Bertz CT molecular complexity index is 478. The minimum Gasteiger partial charge on any atom is -0.345 e. The molecule has 2 rings (SSSR count). The third kappa shape index (κ3) is 4.86. The molecule has 0 aromatic carbocycles. The monoisotopic (exact) mass is 271 g/mol. The molecule has 0 bridgehead atoms. The van der Waals surface area contributed by atoms with Crippen LogP contribution in [0.25, 0.3) is 0 Å². The molecule has 0 unspecified atom stereocenters. The number of hydrogen-bond donors (Lipinski definition) is 1. The van der Waals surface area contributed by atoms with Crippen LogP contribution in [-0.4, -0.2) is 23.6 Å². The third-order valence-electron chi connectivity index (χ3n) is 3.37. The fraction of sp³-hybridized carbons (Fsp3) is 0.588. The SMILES string of the molecule is C#CCN(CC1CC1)c1cccc(CNC(C)(C)C)n1. The van der Waals surface area contributed by atoms with Gasteiger partial charge in [0.1, 0.15) is 5.82 Å². The summed E-state index contributed by atoms with van der Waals surface area (Å²) in [6, 6.07) is 6.19. The van der Waals surface area contributed by atoms with E-state index in [1.165, 1.54) is 12.8 Å². The molecule has 1 heterocycles. The average molecular weight is 271 g/mol. The van der Waals surface area contributed by atoms with E-state index < -0.39 is 0 Å². The van der Waals surface area contributed by atoms with Gasteiger partial charge >= 0.3 is 0 Å². The molecular weight excluding hydrogens is 246 g/mol. The first-order valence-corrected chi connectivity index (χ1v) is 7.37. The summed E-state index contributed by atoms with van der Waals surface area (Å²) in [4.78, 5) is 6.96. The van der Waals surface area contributed by atoms with Gasteiger partial charge in [0.2, 0.25) is 0 Å². The van der Waals surface area contributed by atoms with Gasteiger partial charge in [0, 0.05) is 18.6 Å². The number of nitrogens with zero attached hydrogens (tertiary/aromatic N) is 2. The quantitative estimate of drug-likeness (QED) is 0.806. The van der Waals surface area contributed by atoms with E-state index in [9.17, 15) is 0 Å². The zero-order valence-electron chi connectivity index (χ0n) is 12.8. The summed E-state index contributed by atoms with van der Waals surface area (Å²) in [6.07, 6.45) is 8.14. The van der Waals surface area contributed by atoms with Gasteiger partial charge in [-0.15, -0.1) is 6.42 Å². The van der Waals surface area contributed by atoms with Gasteiger partial charge in [-0.1, -0.05) is 12.0 Å². The lowest BCUT2D eigenvalue weighted by Crippen LogP contribution is -2.35. The summed E-state index contributed by atoms with van der Waals surface area (Å²) in [5.74, 6) is 4.56. The maximum Gasteiger partial charge on any atom is 0.129 e. The zero-order chi connectivity index (χ0) is 14.6. The van der Waals surface area contributed by atoms with Crippen molar-refractivity contribution in [1.29, 1.82) is 0 Å². The molecular formula is C17H25N3. The summed E-state index contributed by atoms with van der Waals surface area (Å²) in [7, 11) is 0. The first-order valence-electron chi connectivity index (χ1n) is 7.37. The van der Waals surface area contributed by atoms with E-state index in [-0.39, 0.29) is 5.54 Å². The molecule has 20 heavy (non-hydrogen) atoms.